The first kappa shape index (κ1) is 17.2. The lowest BCUT2D eigenvalue weighted by atomic mass is 10.1. The molecule has 7 nitrogen and oxygen atoms in total. The number of para-hydroxylation sites is 1. The molecule has 0 fully saturated rings. The summed E-state index contributed by atoms with van der Waals surface area (Å²) in [6, 6.07) is 15.9. The van der Waals surface area contributed by atoms with Crippen molar-refractivity contribution in [3.8, 4) is 0 Å². The molecule has 0 radical (unpaired) electrons. The molecule has 0 aliphatic carbocycles. The van der Waals surface area contributed by atoms with Gasteiger partial charge in [0, 0.05) is 6.54 Å². The van der Waals surface area contributed by atoms with Crippen molar-refractivity contribution in [3.05, 3.63) is 65.7 Å². The van der Waals surface area contributed by atoms with Gasteiger partial charge in [-0.15, -0.1) is 0 Å². The summed E-state index contributed by atoms with van der Waals surface area (Å²) in [5, 5.41) is 9.79. The van der Waals surface area contributed by atoms with Crippen LogP contribution in [0.25, 0.3) is 0 Å². The summed E-state index contributed by atoms with van der Waals surface area (Å²) in [5.74, 6) is -0.592. The Labute approximate surface area is 157 Å². The summed E-state index contributed by atoms with van der Waals surface area (Å²) in [6.07, 6.45) is 0. The standard InChI is InChI=1S/C20H20N4O3/c1-14(20(26)27-13-15-7-3-2-4-8-15)23-12-16-9-5-6-10-17(16)24-18(19(23)25)11-21-22-24/h2-10,14,18H,11-13H2,1H3/t14-,18+/m0/s1. The van der Waals surface area contributed by atoms with E-state index < -0.39 is 18.1 Å². The van der Waals surface area contributed by atoms with Gasteiger partial charge in [-0.2, -0.15) is 5.11 Å². The van der Waals surface area contributed by atoms with E-state index in [1.807, 2.05) is 54.6 Å². The van der Waals surface area contributed by atoms with E-state index in [9.17, 15) is 9.59 Å². The molecular weight excluding hydrogens is 344 g/mol. The van der Waals surface area contributed by atoms with Crippen molar-refractivity contribution in [2.24, 2.45) is 10.3 Å². The Hall–Kier alpha value is -3.22. The number of hydrogen-bond acceptors (Lipinski definition) is 6. The number of fused-ring (bicyclic) bond motifs is 3. The van der Waals surface area contributed by atoms with Gasteiger partial charge >= 0.3 is 5.97 Å². The van der Waals surface area contributed by atoms with Crippen LogP contribution in [-0.4, -0.2) is 35.4 Å². The molecule has 2 heterocycles. The number of carbonyl (C=O) groups is 2. The predicted molar refractivity (Wildman–Crippen MR) is 98.7 cm³/mol. The van der Waals surface area contributed by atoms with Crippen LogP contribution < -0.4 is 5.01 Å². The second-order valence-electron chi connectivity index (χ2n) is 6.64. The van der Waals surface area contributed by atoms with Gasteiger partial charge in [0.05, 0.1) is 12.2 Å². The molecule has 0 aromatic heterocycles. The maximum Gasteiger partial charge on any atom is 0.328 e. The summed E-state index contributed by atoms with van der Waals surface area (Å²) in [7, 11) is 0. The van der Waals surface area contributed by atoms with Gasteiger partial charge in [0.1, 0.15) is 12.6 Å². The number of anilines is 1. The second kappa shape index (κ2) is 7.19. The Balaban J connectivity index is 1.53. The van der Waals surface area contributed by atoms with E-state index in [0.29, 0.717) is 6.54 Å². The molecule has 0 saturated carbocycles. The minimum Gasteiger partial charge on any atom is -0.459 e. The maximum absolute atomic E-state index is 13.1. The fraction of sp³-hybridized carbons (Fsp3) is 0.300. The number of benzene rings is 2. The number of carbonyl (C=O) groups excluding carboxylic acids is 2. The molecule has 2 aromatic rings. The SMILES string of the molecule is C[C@@H](C(=O)OCc1ccccc1)N1Cc2ccccc2N2N=NC[C@@H]2C1=O. The number of esters is 1. The summed E-state index contributed by atoms with van der Waals surface area (Å²) in [4.78, 5) is 27.2. The predicted octanol–water partition coefficient (Wildman–Crippen LogP) is 2.72. The Morgan fingerprint density at radius 3 is 2.74 bits per heavy atom. The van der Waals surface area contributed by atoms with Crippen molar-refractivity contribution in [2.45, 2.75) is 32.2 Å². The maximum atomic E-state index is 13.1. The Kier molecular flexibility index (Phi) is 4.58. The number of amides is 1. The summed E-state index contributed by atoms with van der Waals surface area (Å²) < 4.78 is 5.44. The van der Waals surface area contributed by atoms with E-state index in [4.69, 9.17) is 4.74 Å². The van der Waals surface area contributed by atoms with Gasteiger partial charge in [0.15, 0.2) is 6.04 Å². The van der Waals surface area contributed by atoms with Crippen LogP contribution in [-0.2, 0) is 27.5 Å². The van der Waals surface area contributed by atoms with Gasteiger partial charge in [0.25, 0.3) is 5.91 Å². The molecule has 0 spiro atoms. The van der Waals surface area contributed by atoms with Crippen LogP contribution in [0, 0.1) is 0 Å². The fourth-order valence-electron chi connectivity index (χ4n) is 3.35. The highest BCUT2D eigenvalue weighted by atomic mass is 16.5. The van der Waals surface area contributed by atoms with Gasteiger partial charge in [-0.25, -0.2) is 9.80 Å². The lowest BCUT2D eigenvalue weighted by Crippen LogP contribution is -2.50. The quantitative estimate of drug-likeness (QED) is 0.782. The minimum atomic E-state index is -0.699. The Bertz CT molecular complexity index is 884. The molecule has 2 aromatic carbocycles. The third-order valence-corrected chi connectivity index (χ3v) is 4.89. The van der Waals surface area contributed by atoms with E-state index in [0.717, 1.165) is 16.8 Å². The largest absolute Gasteiger partial charge is 0.459 e. The highest BCUT2D eigenvalue weighted by Gasteiger charge is 2.41. The molecule has 2 aliphatic heterocycles. The third-order valence-electron chi connectivity index (χ3n) is 4.89. The van der Waals surface area contributed by atoms with Crippen molar-refractivity contribution >= 4 is 17.6 Å². The lowest BCUT2D eigenvalue weighted by molar-refractivity contribution is -0.156. The molecule has 0 unspecified atom stereocenters. The fourth-order valence-corrected chi connectivity index (χ4v) is 3.35. The van der Waals surface area contributed by atoms with E-state index in [-0.39, 0.29) is 19.1 Å². The third kappa shape index (κ3) is 3.28. The van der Waals surface area contributed by atoms with Crippen LogP contribution >= 0.6 is 0 Å². The molecule has 2 atom stereocenters. The zero-order chi connectivity index (χ0) is 18.8. The van der Waals surface area contributed by atoms with Gasteiger partial charge < -0.3 is 9.64 Å². The normalized spacial score (nSPS) is 19.3. The van der Waals surface area contributed by atoms with E-state index in [1.165, 1.54) is 0 Å². The van der Waals surface area contributed by atoms with Crippen LogP contribution in [0.3, 0.4) is 0 Å². The molecule has 27 heavy (non-hydrogen) atoms. The molecule has 0 saturated heterocycles. The first-order chi connectivity index (χ1) is 13.1. The van der Waals surface area contributed by atoms with Crippen LogP contribution in [0.4, 0.5) is 5.69 Å². The summed E-state index contributed by atoms with van der Waals surface area (Å²) >= 11 is 0. The molecule has 0 bridgehead atoms. The van der Waals surface area contributed by atoms with Crippen molar-refractivity contribution in [1.82, 2.24) is 4.90 Å². The van der Waals surface area contributed by atoms with E-state index >= 15 is 0 Å². The number of nitrogens with zero attached hydrogens (tertiary/aromatic N) is 4. The van der Waals surface area contributed by atoms with E-state index in [2.05, 4.69) is 10.3 Å². The number of rotatable bonds is 4. The monoisotopic (exact) mass is 364 g/mol. The molecular formula is C20H20N4O3. The number of hydrogen-bond donors (Lipinski definition) is 0. The topological polar surface area (TPSA) is 74.6 Å². The van der Waals surface area contributed by atoms with Gasteiger partial charge in [0.2, 0.25) is 0 Å². The van der Waals surface area contributed by atoms with Crippen molar-refractivity contribution in [3.63, 3.8) is 0 Å². The van der Waals surface area contributed by atoms with Crippen LogP contribution in [0.5, 0.6) is 0 Å². The highest BCUT2D eigenvalue weighted by Crippen LogP contribution is 2.32. The van der Waals surface area contributed by atoms with E-state index in [1.54, 1.807) is 16.8 Å². The van der Waals surface area contributed by atoms with Crippen molar-refractivity contribution in [2.75, 3.05) is 11.6 Å². The molecule has 1 amide bonds. The highest BCUT2D eigenvalue weighted by molar-refractivity contribution is 5.91. The zero-order valence-electron chi connectivity index (χ0n) is 15.0. The van der Waals surface area contributed by atoms with Gasteiger partial charge in [-0.1, -0.05) is 53.8 Å². The average molecular weight is 364 g/mol. The van der Waals surface area contributed by atoms with Gasteiger partial charge in [-0.05, 0) is 24.1 Å². The van der Waals surface area contributed by atoms with Crippen molar-refractivity contribution < 1.29 is 14.3 Å². The first-order valence-electron chi connectivity index (χ1n) is 8.91. The molecule has 138 valence electrons. The molecule has 7 heteroatoms. The average Bonchev–Trinajstić information content (AvgIpc) is 3.16. The zero-order valence-corrected chi connectivity index (χ0v) is 15.0. The molecule has 0 N–H and O–H groups in total. The molecule has 2 aliphatic rings. The number of ether oxygens (including phenoxy) is 1. The van der Waals surface area contributed by atoms with Crippen LogP contribution in [0.1, 0.15) is 18.1 Å². The smallest absolute Gasteiger partial charge is 0.328 e. The lowest BCUT2D eigenvalue weighted by Gasteiger charge is -2.28. The van der Waals surface area contributed by atoms with Gasteiger partial charge in [-0.3, -0.25) is 4.79 Å². The second-order valence-corrected chi connectivity index (χ2v) is 6.64. The van der Waals surface area contributed by atoms with Crippen LogP contribution in [0.2, 0.25) is 0 Å². The Morgan fingerprint density at radius 1 is 1.19 bits per heavy atom. The Morgan fingerprint density at radius 2 is 1.93 bits per heavy atom. The molecule has 4 rings (SSSR count). The first-order valence-corrected chi connectivity index (χ1v) is 8.91. The summed E-state index contributed by atoms with van der Waals surface area (Å²) in [6.45, 7) is 2.50. The van der Waals surface area contributed by atoms with Crippen LogP contribution in [0.15, 0.2) is 64.9 Å². The van der Waals surface area contributed by atoms with Crippen molar-refractivity contribution in [1.29, 1.82) is 0 Å². The summed E-state index contributed by atoms with van der Waals surface area (Å²) in [5.41, 5.74) is 2.69. The minimum absolute atomic E-state index is 0.166.